The average Bonchev–Trinajstić information content (AvgIpc) is 2.79. The van der Waals surface area contributed by atoms with Crippen LogP contribution in [-0.2, 0) is 19.1 Å². The highest BCUT2D eigenvalue weighted by molar-refractivity contribution is 5.92. The fraction of sp³-hybridized carbons (Fsp3) is 0.643. The Bertz CT molecular complexity index is 964. The summed E-state index contributed by atoms with van der Waals surface area (Å²) in [5, 5.41) is 15.6. The van der Waals surface area contributed by atoms with E-state index in [0.29, 0.717) is 5.56 Å². The molecular weight excluding hydrogens is 488 g/mol. The summed E-state index contributed by atoms with van der Waals surface area (Å²) in [6, 6.07) is 3.41. The Morgan fingerprint density at radius 3 is 2.21 bits per heavy atom. The van der Waals surface area contributed by atoms with Crippen molar-refractivity contribution in [1.29, 1.82) is 0 Å². The molecule has 0 aliphatic heterocycles. The molecule has 5 N–H and O–H groups in total. The van der Waals surface area contributed by atoms with Crippen molar-refractivity contribution in [3.05, 3.63) is 34.9 Å². The van der Waals surface area contributed by atoms with Crippen LogP contribution in [0.25, 0.3) is 0 Å². The minimum Gasteiger partial charge on any atom is -0.444 e. The molecule has 2 unspecified atom stereocenters. The van der Waals surface area contributed by atoms with Crippen molar-refractivity contribution in [3.8, 4) is 0 Å². The predicted octanol–water partition coefficient (Wildman–Crippen LogP) is 2.77. The molecule has 0 aromatic heterocycles. The normalized spacial score (nSPS) is 15.7. The lowest BCUT2D eigenvalue weighted by Gasteiger charge is -2.35. The van der Waals surface area contributed by atoms with E-state index in [1.54, 1.807) is 20.8 Å². The minimum atomic E-state index is -1.19. The van der Waals surface area contributed by atoms with Crippen LogP contribution in [0.4, 0.5) is 4.79 Å². The van der Waals surface area contributed by atoms with Crippen molar-refractivity contribution in [1.82, 2.24) is 15.5 Å². The quantitative estimate of drug-likeness (QED) is 0.344. The molecule has 4 amide bonds. The van der Waals surface area contributed by atoms with Crippen LogP contribution in [0.3, 0.4) is 0 Å². The SMILES string of the molecule is Cc1cc(C)cc(C(C(=O)NC2CCCCC2)N(CCO)C(=O)C(CCC(N)=O)NC(=O)OC(C)(C)C)c1. The van der Waals surface area contributed by atoms with Gasteiger partial charge in [-0.05, 0) is 59.4 Å². The Balaban J connectivity index is 2.47. The summed E-state index contributed by atoms with van der Waals surface area (Å²) < 4.78 is 5.32. The summed E-state index contributed by atoms with van der Waals surface area (Å²) in [5.74, 6) is -1.60. The van der Waals surface area contributed by atoms with Gasteiger partial charge in [0.1, 0.15) is 17.7 Å². The highest BCUT2D eigenvalue weighted by Crippen LogP contribution is 2.27. The van der Waals surface area contributed by atoms with Gasteiger partial charge in [-0.3, -0.25) is 14.4 Å². The number of aliphatic hydroxyl groups excluding tert-OH is 1. The smallest absolute Gasteiger partial charge is 0.408 e. The van der Waals surface area contributed by atoms with Gasteiger partial charge < -0.3 is 31.1 Å². The number of nitrogens with two attached hydrogens (primary N) is 1. The van der Waals surface area contributed by atoms with Crippen molar-refractivity contribution in [2.45, 2.75) is 103 Å². The van der Waals surface area contributed by atoms with Crippen LogP contribution in [0, 0.1) is 13.8 Å². The van der Waals surface area contributed by atoms with E-state index in [1.165, 1.54) is 4.90 Å². The van der Waals surface area contributed by atoms with Crippen molar-refractivity contribution in [2.75, 3.05) is 13.2 Å². The molecule has 0 saturated heterocycles. The monoisotopic (exact) mass is 532 g/mol. The predicted molar refractivity (Wildman–Crippen MR) is 144 cm³/mol. The van der Waals surface area contributed by atoms with Crippen LogP contribution in [-0.4, -0.2) is 64.7 Å². The van der Waals surface area contributed by atoms with Crippen molar-refractivity contribution in [3.63, 3.8) is 0 Å². The zero-order chi connectivity index (χ0) is 28.5. The molecule has 10 nitrogen and oxygen atoms in total. The van der Waals surface area contributed by atoms with E-state index >= 15 is 0 Å². The second-order valence-corrected chi connectivity index (χ2v) is 11.1. The van der Waals surface area contributed by atoms with E-state index < -0.39 is 42.2 Å². The van der Waals surface area contributed by atoms with Gasteiger partial charge in [0.25, 0.3) is 0 Å². The van der Waals surface area contributed by atoms with Crippen LogP contribution >= 0.6 is 0 Å². The zero-order valence-electron chi connectivity index (χ0n) is 23.3. The third kappa shape index (κ3) is 9.96. The summed E-state index contributed by atoms with van der Waals surface area (Å²) in [4.78, 5) is 53.1. The second kappa shape index (κ2) is 14.1. The molecule has 1 aromatic carbocycles. The van der Waals surface area contributed by atoms with Gasteiger partial charge in [-0.2, -0.15) is 0 Å². The highest BCUT2D eigenvalue weighted by Gasteiger charge is 2.37. The molecule has 1 aliphatic rings. The first kappa shape index (κ1) is 31.1. The summed E-state index contributed by atoms with van der Waals surface area (Å²) >= 11 is 0. The summed E-state index contributed by atoms with van der Waals surface area (Å²) in [6.45, 7) is 8.33. The lowest BCUT2D eigenvalue weighted by molar-refractivity contribution is -0.143. The number of ether oxygens (including phenoxy) is 1. The van der Waals surface area contributed by atoms with Crippen LogP contribution in [0.15, 0.2) is 18.2 Å². The molecule has 1 fully saturated rings. The number of amides is 4. The number of aliphatic hydroxyl groups is 1. The molecule has 0 bridgehead atoms. The van der Waals surface area contributed by atoms with E-state index in [9.17, 15) is 24.3 Å². The van der Waals surface area contributed by atoms with Gasteiger partial charge in [-0.15, -0.1) is 0 Å². The summed E-state index contributed by atoms with van der Waals surface area (Å²) in [5.41, 5.74) is 6.96. The summed E-state index contributed by atoms with van der Waals surface area (Å²) in [7, 11) is 0. The maximum absolute atomic E-state index is 13.9. The number of hydrogen-bond donors (Lipinski definition) is 4. The third-order valence-electron chi connectivity index (χ3n) is 6.36. The van der Waals surface area contributed by atoms with Crippen molar-refractivity contribution < 1.29 is 29.0 Å². The molecule has 0 radical (unpaired) electrons. The number of hydrogen-bond acceptors (Lipinski definition) is 6. The molecular formula is C28H44N4O6. The van der Waals surface area contributed by atoms with Gasteiger partial charge in [0, 0.05) is 19.0 Å². The second-order valence-electron chi connectivity index (χ2n) is 11.1. The molecule has 2 rings (SSSR count). The van der Waals surface area contributed by atoms with E-state index in [4.69, 9.17) is 10.5 Å². The number of aryl methyl sites for hydroxylation is 2. The first-order valence-electron chi connectivity index (χ1n) is 13.4. The Morgan fingerprint density at radius 2 is 1.68 bits per heavy atom. The van der Waals surface area contributed by atoms with E-state index in [-0.39, 0.29) is 31.3 Å². The molecule has 2 atom stereocenters. The molecule has 0 heterocycles. The molecule has 38 heavy (non-hydrogen) atoms. The van der Waals surface area contributed by atoms with Gasteiger partial charge >= 0.3 is 6.09 Å². The van der Waals surface area contributed by atoms with Crippen LogP contribution in [0.2, 0.25) is 0 Å². The third-order valence-corrected chi connectivity index (χ3v) is 6.36. The molecule has 212 valence electrons. The zero-order valence-corrected chi connectivity index (χ0v) is 23.3. The standard InChI is InChI=1S/C28H44N4O6/c1-18-15-19(2)17-20(16-18)24(25(35)30-21-9-7-6-8-10-21)32(13-14-33)26(36)22(11-12-23(29)34)31-27(37)38-28(3,4)5/h15-17,21-22,24,33H,6-14H2,1-5H3,(H2,29,34)(H,30,35)(H,31,37). The molecule has 1 aliphatic carbocycles. The highest BCUT2D eigenvalue weighted by atomic mass is 16.6. The van der Waals surface area contributed by atoms with Gasteiger partial charge in [0.15, 0.2) is 0 Å². The lowest BCUT2D eigenvalue weighted by Crippen LogP contribution is -2.54. The van der Waals surface area contributed by atoms with Gasteiger partial charge in [0.2, 0.25) is 17.7 Å². The molecule has 0 spiro atoms. The van der Waals surface area contributed by atoms with Gasteiger partial charge in [-0.25, -0.2) is 4.79 Å². The maximum Gasteiger partial charge on any atom is 0.408 e. The minimum absolute atomic E-state index is 0.00119. The number of carbonyl (C=O) groups is 4. The Labute approximate surface area is 225 Å². The fourth-order valence-corrected chi connectivity index (χ4v) is 4.84. The van der Waals surface area contributed by atoms with E-state index in [2.05, 4.69) is 10.6 Å². The van der Waals surface area contributed by atoms with Gasteiger partial charge in [-0.1, -0.05) is 48.6 Å². The van der Waals surface area contributed by atoms with E-state index in [0.717, 1.165) is 43.2 Å². The largest absolute Gasteiger partial charge is 0.444 e. The van der Waals surface area contributed by atoms with Crippen LogP contribution in [0.5, 0.6) is 0 Å². The number of nitrogens with one attached hydrogen (secondary N) is 2. The Hall–Kier alpha value is -3.14. The summed E-state index contributed by atoms with van der Waals surface area (Å²) in [6.07, 6.45) is 3.81. The number of alkyl carbamates (subject to hydrolysis) is 1. The number of primary amides is 1. The molecule has 1 saturated carbocycles. The van der Waals surface area contributed by atoms with Crippen LogP contribution < -0.4 is 16.4 Å². The average molecular weight is 533 g/mol. The van der Waals surface area contributed by atoms with Crippen molar-refractivity contribution in [2.24, 2.45) is 5.73 Å². The first-order valence-corrected chi connectivity index (χ1v) is 13.4. The number of carbonyl (C=O) groups excluding carboxylic acids is 4. The molecule has 1 aromatic rings. The van der Waals surface area contributed by atoms with Crippen molar-refractivity contribution >= 4 is 23.8 Å². The fourth-order valence-electron chi connectivity index (χ4n) is 4.84. The lowest BCUT2D eigenvalue weighted by atomic mass is 9.94. The number of nitrogens with zero attached hydrogens (tertiary/aromatic N) is 1. The number of rotatable bonds is 11. The Morgan fingerprint density at radius 1 is 1.08 bits per heavy atom. The van der Waals surface area contributed by atoms with E-state index in [1.807, 2.05) is 32.0 Å². The molecule has 10 heteroatoms. The Kier molecular flexibility index (Phi) is 11.6. The topological polar surface area (TPSA) is 151 Å². The first-order chi connectivity index (χ1) is 17.8. The van der Waals surface area contributed by atoms with Gasteiger partial charge in [0.05, 0.1) is 6.61 Å². The number of benzene rings is 1. The van der Waals surface area contributed by atoms with Crippen LogP contribution in [0.1, 0.15) is 88.4 Å². The maximum atomic E-state index is 13.9.